The Hall–Kier alpha value is -1.06. The van der Waals surface area contributed by atoms with E-state index in [0.717, 1.165) is 24.6 Å². The fourth-order valence-corrected chi connectivity index (χ4v) is 1.69. The lowest BCUT2D eigenvalue weighted by molar-refractivity contribution is 0.236. The SMILES string of the molecule is C=CCN(Cc1cc(CN)oc1C)C(C)C. The highest BCUT2D eigenvalue weighted by Crippen LogP contribution is 2.17. The van der Waals surface area contributed by atoms with Gasteiger partial charge in [0.2, 0.25) is 0 Å². The van der Waals surface area contributed by atoms with E-state index < -0.39 is 0 Å². The quantitative estimate of drug-likeness (QED) is 0.752. The molecule has 0 saturated carbocycles. The van der Waals surface area contributed by atoms with Crippen molar-refractivity contribution in [2.24, 2.45) is 5.73 Å². The molecule has 0 atom stereocenters. The molecule has 90 valence electrons. The van der Waals surface area contributed by atoms with Gasteiger partial charge in [-0.1, -0.05) is 6.08 Å². The van der Waals surface area contributed by atoms with Crippen LogP contribution >= 0.6 is 0 Å². The van der Waals surface area contributed by atoms with E-state index in [1.165, 1.54) is 5.56 Å². The standard InChI is InChI=1S/C13H22N2O/c1-5-6-15(10(2)3)9-12-7-13(8-14)16-11(12)4/h5,7,10H,1,6,8-9,14H2,2-4H3. The summed E-state index contributed by atoms with van der Waals surface area (Å²) in [6.45, 7) is 12.4. The summed E-state index contributed by atoms with van der Waals surface area (Å²) in [7, 11) is 0. The topological polar surface area (TPSA) is 42.4 Å². The number of hydrogen-bond acceptors (Lipinski definition) is 3. The van der Waals surface area contributed by atoms with Crippen LogP contribution in [-0.2, 0) is 13.1 Å². The molecule has 0 aliphatic rings. The maximum Gasteiger partial charge on any atom is 0.118 e. The highest BCUT2D eigenvalue weighted by atomic mass is 16.3. The van der Waals surface area contributed by atoms with E-state index >= 15 is 0 Å². The Morgan fingerprint density at radius 2 is 2.25 bits per heavy atom. The van der Waals surface area contributed by atoms with Crippen molar-refractivity contribution >= 4 is 0 Å². The normalized spacial score (nSPS) is 11.4. The minimum Gasteiger partial charge on any atom is -0.465 e. The third kappa shape index (κ3) is 3.22. The van der Waals surface area contributed by atoms with Crippen molar-refractivity contribution in [1.82, 2.24) is 4.90 Å². The molecule has 1 aromatic heterocycles. The molecule has 1 heterocycles. The van der Waals surface area contributed by atoms with Gasteiger partial charge in [-0.05, 0) is 26.8 Å². The van der Waals surface area contributed by atoms with Crippen LogP contribution in [0.5, 0.6) is 0 Å². The molecule has 0 aliphatic carbocycles. The zero-order valence-electron chi connectivity index (χ0n) is 10.5. The first-order chi connectivity index (χ1) is 7.58. The predicted octanol–water partition coefficient (Wildman–Crippen LogP) is 2.44. The summed E-state index contributed by atoms with van der Waals surface area (Å²) in [4.78, 5) is 2.34. The fraction of sp³-hybridized carbons (Fsp3) is 0.538. The van der Waals surface area contributed by atoms with Crippen molar-refractivity contribution in [3.8, 4) is 0 Å². The van der Waals surface area contributed by atoms with Crippen molar-refractivity contribution in [3.63, 3.8) is 0 Å². The average Bonchev–Trinajstić information content (AvgIpc) is 2.59. The van der Waals surface area contributed by atoms with Crippen LogP contribution < -0.4 is 5.73 Å². The molecule has 0 aromatic carbocycles. The van der Waals surface area contributed by atoms with Crippen molar-refractivity contribution in [2.75, 3.05) is 6.54 Å². The van der Waals surface area contributed by atoms with Crippen LogP contribution in [0.4, 0.5) is 0 Å². The summed E-state index contributed by atoms with van der Waals surface area (Å²) in [6.07, 6.45) is 1.93. The lowest BCUT2D eigenvalue weighted by Crippen LogP contribution is -2.30. The van der Waals surface area contributed by atoms with Crippen LogP contribution in [0.2, 0.25) is 0 Å². The lowest BCUT2D eigenvalue weighted by Gasteiger charge is -2.24. The van der Waals surface area contributed by atoms with Gasteiger partial charge in [0.1, 0.15) is 11.5 Å². The summed E-state index contributed by atoms with van der Waals surface area (Å²) in [6, 6.07) is 2.54. The fourth-order valence-electron chi connectivity index (χ4n) is 1.69. The monoisotopic (exact) mass is 222 g/mol. The zero-order valence-corrected chi connectivity index (χ0v) is 10.5. The van der Waals surface area contributed by atoms with Crippen LogP contribution in [0.25, 0.3) is 0 Å². The van der Waals surface area contributed by atoms with Crippen LogP contribution in [0.15, 0.2) is 23.1 Å². The van der Waals surface area contributed by atoms with Crippen LogP contribution in [0.3, 0.4) is 0 Å². The van der Waals surface area contributed by atoms with E-state index in [9.17, 15) is 0 Å². The Labute approximate surface area is 97.9 Å². The zero-order chi connectivity index (χ0) is 12.1. The highest BCUT2D eigenvalue weighted by Gasteiger charge is 2.13. The number of aryl methyl sites for hydroxylation is 1. The largest absolute Gasteiger partial charge is 0.465 e. The first kappa shape index (κ1) is 13.0. The summed E-state index contributed by atoms with van der Waals surface area (Å²) in [5.41, 5.74) is 6.78. The first-order valence-electron chi connectivity index (χ1n) is 5.71. The number of nitrogens with zero attached hydrogens (tertiary/aromatic N) is 1. The molecule has 0 spiro atoms. The van der Waals surface area contributed by atoms with Gasteiger partial charge in [-0.25, -0.2) is 0 Å². The van der Waals surface area contributed by atoms with E-state index in [1.807, 2.05) is 19.1 Å². The second-order valence-electron chi connectivity index (χ2n) is 4.31. The number of furan rings is 1. The smallest absolute Gasteiger partial charge is 0.118 e. The van der Waals surface area contributed by atoms with Crippen molar-refractivity contribution in [1.29, 1.82) is 0 Å². The summed E-state index contributed by atoms with van der Waals surface area (Å²) in [5, 5.41) is 0. The van der Waals surface area contributed by atoms with Crippen LogP contribution in [0.1, 0.15) is 30.9 Å². The molecule has 1 aromatic rings. The molecule has 0 unspecified atom stereocenters. The molecule has 3 nitrogen and oxygen atoms in total. The first-order valence-corrected chi connectivity index (χ1v) is 5.71. The second kappa shape index (κ2) is 5.87. The Kier molecular flexibility index (Phi) is 4.77. The van der Waals surface area contributed by atoms with Gasteiger partial charge in [0.25, 0.3) is 0 Å². The molecule has 0 amide bonds. The minimum absolute atomic E-state index is 0.462. The molecule has 0 saturated heterocycles. The number of nitrogens with two attached hydrogens (primary N) is 1. The van der Waals surface area contributed by atoms with Gasteiger partial charge in [0.15, 0.2) is 0 Å². The van der Waals surface area contributed by atoms with Gasteiger partial charge >= 0.3 is 0 Å². The summed E-state index contributed by atoms with van der Waals surface area (Å²) < 4.78 is 5.55. The number of hydrogen-bond donors (Lipinski definition) is 1. The van der Waals surface area contributed by atoms with Crippen molar-refractivity contribution in [3.05, 3.63) is 35.8 Å². The number of rotatable bonds is 6. The van der Waals surface area contributed by atoms with E-state index in [-0.39, 0.29) is 0 Å². The van der Waals surface area contributed by atoms with E-state index in [1.54, 1.807) is 0 Å². The van der Waals surface area contributed by atoms with Gasteiger partial charge in [0, 0.05) is 24.7 Å². The molecule has 0 aliphatic heterocycles. The third-order valence-corrected chi connectivity index (χ3v) is 2.74. The van der Waals surface area contributed by atoms with Crippen molar-refractivity contribution in [2.45, 2.75) is 39.9 Å². The third-order valence-electron chi connectivity index (χ3n) is 2.74. The minimum atomic E-state index is 0.462. The van der Waals surface area contributed by atoms with Gasteiger partial charge in [0.05, 0.1) is 6.54 Å². The van der Waals surface area contributed by atoms with Gasteiger partial charge in [-0.3, -0.25) is 4.90 Å². The highest BCUT2D eigenvalue weighted by molar-refractivity contribution is 5.20. The van der Waals surface area contributed by atoms with E-state index in [0.29, 0.717) is 12.6 Å². The van der Waals surface area contributed by atoms with Gasteiger partial charge in [-0.2, -0.15) is 0 Å². The molecule has 0 bridgehead atoms. The van der Waals surface area contributed by atoms with Crippen LogP contribution in [0, 0.1) is 6.92 Å². The Balaban J connectivity index is 2.75. The van der Waals surface area contributed by atoms with E-state index in [4.69, 9.17) is 10.2 Å². The molecule has 2 N–H and O–H groups in total. The van der Waals surface area contributed by atoms with Gasteiger partial charge < -0.3 is 10.2 Å². The summed E-state index contributed by atoms with van der Waals surface area (Å²) >= 11 is 0. The maximum absolute atomic E-state index is 5.56. The Morgan fingerprint density at radius 1 is 1.56 bits per heavy atom. The molecule has 3 heteroatoms. The Morgan fingerprint density at radius 3 is 2.69 bits per heavy atom. The molecule has 0 radical (unpaired) electrons. The average molecular weight is 222 g/mol. The molecule has 1 rings (SSSR count). The van der Waals surface area contributed by atoms with E-state index in [2.05, 4.69) is 25.3 Å². The lowest BCUT2D eigenvalue weighted by atomic mass is 10.2. The van der Waals surface area contributed by atoms with Crippen LogP contribution in [-0.4, -0.2) is 17.5 Å². The molecular formula is C13H22N2O. The molecule has 0 fully saturated rings. The van der Waals surface area contributed by atoms with Gasteiger partial charge in [-0.15, -0.1) is 6.58 Å². The molecule has 16 heavy (non-hydrogen) atoms. The Bertz CT molecular complexity index is 342. The maximum atomic E-state index is 5.56. The summed E-state index contributed by atoms with van der Waals surface area (Å²) in [5.74, 6) is 1.82. The van der Waals surface area contributed by atoms with Crippen molar-refractivity contribution < 1.29 is 4.42 Å². The predicted molar refractivity (Wildman–Crippen MR) is 67.1 cm³/mol. The second-order valence-corrected chi connectivity index (χ2v) is 4.31. The molecular weight excluding hydrogens is 200 g/mol.